The van der Waals surface area contributed by atoms with E-state index in [0.717, 1.165) is 30.6 Å². The molecule has 0 aliphatic carbocycles. The van der Waals surface area contributed by atoms with Crippen LogP contribution in [-0.2, 0) is 13.5 Å². The molecule has 2 N–H and O–H groups in total. The number of rotatable bonds is 4. The van der Waals surface area contributed by atoms with Crippen molar-refractivity contribution < 1.29 is 0 Å². The zero-order valence-corrected chi connectivity index (χ0v) is 10.9. The van der Waals surface area contributed by atoms with Gasteiger partial charge in [0.15, 0.2) is 0 Å². The molecule has 0 spiro atoms. The molecule has 92 valence electrons. The Morgan fingerprint density at radius 2 is 2.18 bits per heavy atom. The molecule has 2 aromatic rings. The lowest BCUT2D eigenvalue weighted by atomic mass is 10.1. The summed E-state index contributed by atoms with van der Waals surface area (Å²) in [6.07, 6.45) is 3.05. The summed E-state index contributed by atoms with van der Waals surface area (Å²) in [7, 11) is 2.07. The Kier molecular flexibility index (Phi) is 3.48. The van der Waals surface area contributed by atoms with E-state index in [2.05, 4.69) is 48.6 Å². The van der Waals surface area contributed by atoms with Crippen molar-refractivity contribution in [2.24, 2.45) is 12.8 Å². The van der Waals surface area contributed by atoms with Gasteiger partial charge in [0, 0.05) is 19.5 Å². The van der Waals surface area contributed by atoms with Gasteiger partial charge in [0.25, 0.3) is 0 Å². The van der Waals surface area contributed by atoms with E-state index >= 15 is 0 Å². The first-order valence-corrected chi connectivity index (χ1v) is 6.29. The molecule has 1 heterocycles. The third-order valence-electron chi connectivity index (χ3n) is 3.23. The van der Waals surface area contributed by atoms with Gasteiger partial charge in [-0.15, -0.1) is 0 Å². The predicted octanol–water partition coefficient (Wildman–Crippen LogP) is 2.55. The van der Waals surface area contributed by atoms with Gasteiger partial charge >= 0.3 is 0 Å². The lowest BCUT2D eigenvalue weighted by Crippen LogP contribution is -2.23. The van der Waals surface area contributed by atoms with Crippen molar-refractivity contribution >= 4 is 11.0 Å². The summed E-state index contributed by atoms with van der Waals surface area (Å²) in [5, 5.41) is 0. The number of benzene rings is 1. The van der Waals surface area contributed by atoms with E-state index in [9.17, 15) is 0 Å². The first-order valence-electron chi connectivity index (χ1n) is 6.29. The van der Waals surface area contributed by atoms with Crippen LogP contribution < -0.4 is 5.73 Å². The van der Waals surface area contributed by atoms with Crippen LogP contribution in [0.3, 0.4) is 0 Å². The number of aryl methyl sites for hydroxylation is 2. The normalized spacial score (nSPS) is 13.2. The van der Waals surface area contributed by atoms with Gasteiger partial charge in [-0.2, -0.15) is 0 Å². The van der Waals surface area contributed by atoms with Gasteiger partial charge in [-0.25, -0.2) is 4.98 Å². The molecule has 17 heavy (non-hydrogen) atoms. The number of fused-ring (bicyclic) bond motifs is 1. The Balaban J connectivity index is 2.32. The van der Waals surface area contributed by atoms with Crippen LogP contribution in [-0.4, -0.2) is 15.6 Å². The number of nitrogens with two attached hydrogens (primary N) is 1. The summed E-state index contributed by atoms with van der Waals surface area (Å²) in [6.45, 7) is 4.26. The second kappa shape index (κ2) is 4.88. The Hall–Kier alpha value is -1.35. The zero-order chi connectivity index (χ0) is 12.4. The number of hydrogen-bond donors (Lipinski definition) is 1. The highest BCUT2D eigenvalue weighted by Crippen LogP contribution is 2.17. The van der Waals surface area contributed by atoms with Crippen molar-refractivity contribution in [3.8, 4) is 0 Å². The second-order valence-electron chi connectivity index (χ2n) is 4.83. The number of imidazole rings is 1. The van der Waals surface area contributed by atoms with Crippen molar-refractivity contribution in [2.45, 2.75) is 39.2 Å². The lowest BCUT2D eigenvalue weighted by Gasteiger charge is -2.09. The quantitative estimate of drug-likeness (QED) is 0.878. The van der Waals surface area contributed by atoms with Crippen molar-refractivity contribution in [3.05, 3.63) is 29.6 Å². The van der Waals surface area contributed by atoms with Crippen molar-refractivity contribution in [1.29, 1.82) is 0 Å². The summed E-state index contributed by atoms with van der Waals surface area (Å²) < 4.78 is 2.16. The molecule has 0 amide bonds. The topological polar surface area (TPSA) is 43.8 Å². The third-order valence-corrected chi connectivity index (χ3v) is 3.23. The summed E-state index contributed by atoms with van der Waals surface area (Å²) in [5.74, 6) is 1.09. The summed E-state index contributed by atoms with van der Waals surface area (Å²) in [5.41, 5.74) is 9.60. The van der Waals surface area contributed by atoms with Gasteiger partial charge in [-0.1, -0.05) is 19.4 Å². The molecule has 1 unspecified atom stereocenters. The molecule has 0 aliphatic heterocycles. The van der Waals surface area contributed by atoms with Crippen molar-refractivity contribution in [1.82, 2.24) is 9.55 Å². The van der Waals surface area contributed by atoms with Crippen LogP contribution in [0.4, 0.5) is 0 Å². The van der Waals surface area contributed by atoms with E-state index in [-0.39, 0.29) is 6.04 Å². The van der Waals surface area contributed by atoms with Gasteiger partial charge < -0.3 is 10.3 Å². The minimum Gasteiger partial charge on any atom is -0.331 e. The minimum atomic E-state index is 0.219. The molecule has 1 aromatic carbocycles. The van der Waals surface area contributed by atoms with Gasteiger partial charge in [-0.3, -0.25) is 0 Å². The first kappa shape index (κ1) is 12.1. The molecular formula is C14H21N3. The van der Waals surface area contributed by atoms with E-state index in [4.69, 9.17) is 5.73 Å². The SMILES string of the molecule is CCCC(N)Cc1nc2cc(C)ccc2n1C. The molecule has 0 fully saturated rings. The van der Waals surface area contributed by atoms with Crippen LogP contribution in [0, 0.1) is 6.92 Å². The molecule has 1 aromatic heterocycles. The smallest absolute Gasteiger partial charge is 0.111 e. The predicted molar refractivity (Wildman–Crippen MR) is 72.0 cm³/mol. The highest BCUT2D eigenvalue weighted by Gasteiger charge is 2.11. The standard InChI is InChI=1S/C14H21N3/c1-4-5-11(15)9-14-16-12-8-10(2)6-7-13(12)17(14)3/h6-8,11H,4-5,9,15H2,1-3H3. The number of nitrogens with zero attached hydrogens (tertiary/aromatic N) is 2. The summed E-state index contributed by atoms with van der Waals surface area (Å²) in [4.78, 5) is 4.68. The average molecular weight is 231 g/mol. The van der Waals surface area contributed by atoms with Crippen molar-refractivity contribution in [2.75, 3.05) is 0 Å². The monoisotopic (exact) mass is 231 g/mol. The highest BCUT2D eigenvalue weighted by atomic mass is 15.1. The third kappa shape index (κ3) is 2.50. The van der Waals surface area contributed by atoms with Crippen LogP contribution in [0.5, 0.6) is 0 Å². The molecule has 3 nitrogen and oxygen atoms in total. The van der Waals surface area contributed by atoms with E-state index < -0.39 is 0 Å². The van der Waals surface area contributed by atoms with Gasteiger partial charge in [0.05, 0.1) is 11.0 Å². The fraction of sp³-hybridized carbons (Fsp3) is 0.500. The number of aromatic nitrogens is 2. The Morgan fingerprint density at radius 3 is 2.88 bits per heavy atom. The molecule has 0 bridgehead atoms. The maximum atomic E-state index is 6.08. The molecule has 3 heteroatoms. The van der Waals surface area contributed by atoms with Crippen LogP contribution in [0.1, 0.15) is 31.2 Å². The molecule has 2 rings (SSSR count). The fourth-order valence-electron chi connectivity index (χ4n) is 2.25. The van der Waals surface area contributed by atoms with E-state index in [1.807, 2.05) is 0 Å². The van der Waals surface area contributed by atoms with Crippen LogP contribution >= 0.6 is 0 Å². The Labute approximate surface area is 103 Å². The largest absolute Gasteiger partial charge is 0.331 e. The first-order chi connectivity index (χ1) is 8.11. The Morgan fingerprint density at radius 1 is 1.41 bits per heavy atom. The maximum Gasteiger partial charge on any atom is 0.111 e. The molecule has 0 aliphatic rings. The summed E-state index contributed by atoms with van der Waals surface area (Å²) in [6, 6.07) is 6.60. The average Bonchev–Trinajstić information content (AvgIpc) is 2.55. The molecular weight excluding hydrogens is 210 g/mol. The second-order valence-corrected chi connectivity index (χ2v) is 4.83. The lowest BCUT2D eigenvalue weighted by molar-refractivity contribution is 0.576. The Bertz CT molecular complexity index is 513. The van der Waals surface area contributed by atoms with Gasteiger partial charge in [0.1, 0.15) is 5.82 Å². The van der Waals surface area contributed by atoms with E-state index in [1.54, 1.807) is 0 Å². The van der Waals surface area contributed by atoms with Crippen LogP contribution in [0.2, 0.25) is 0 Å². The summed E-state index contributed by atoms with van der Waals surface area (Å²) >= 11 is 0. The minimum absolute atomic E-state index is 0.219. The molecule has 1 atom stereocenters. The molecule has 0 saturated carbocycles. The van der Waals surface area contributed by atoms with Gasteiger partial charge in [0.2, 0.25) is 0 Å². The highest BCUT2D eigenvalue weighted by molar-refractivity contribution is 5.76. The zero-order valence-electron chi connectivity index (χ0n) is 10.9. The van der Waals surface area contributed by atoms with E-state index in [1.165, 1.54) is 11.1 Å². The maximum absolute atomic E-state index is 6.08. The molecule has 0 saturated heterocycles. The number of hydrogen-bond acceptors (Lipinski definition) is 2. The van der Waals surface area contributed by atoms with Crippen LogP contribution in [0.15, 0.2) is 18.2 Å². The van der Waals surface area contributed by atoms with E-state index in [0.29, 0.717) is 0 Å². The van der Waals surface area contributed by atoms with Gasteiger partial charge in [-0.05, 0) is 31.0 Å². The molecule has 0 radical (unpaired) electrons. The fourth-order valence-corrected chi connectivity index (χ4v) is 2.25. The van der Waals surface area contributed by atoms with Crippen LogP contribution in [0.25, 0.3) is 11.0 Å². The van der Waals surface area contributed by atoms with Crippen molar-refractivity contribution in [3.63, 3.8) is 0 Å².